The number of para-hydroxylation sites is 2. The minimum absolute atomic E-state index is 0.591. The van der Waals surface area contributed by atoms with Gasteiger partial charge in [0.25, 0.3) is 0 Å². The quantitative estimate of drug-likeness (QED) is 0.188. The highest BCUT2D eigenvalue weighted by molar-refractivity contribution is 6.24. The molecule has 3 aromatic heterocycles. The van der Waals surface area contributed by atoms with Crippen molar-refractivity contribution in [2.45, 2.75) is 0 Å². The lowest BCUT2D eigenvalue weighted by Crippen LogP contribution is -2.01. The number of benzene rings is 7. The molecule has 0 aliphatic heterocycles. The molecule has 0 spiro atoms. The molecule has 10 rings (SSSR count). The van der Waals surface area contributed by atoms with Crippen LogP contribution in [0.3, 0.4) is 0 Å². The standard InChI is InChI=1S/C45H28N4O/c1-5-15-29(16-6-1)33-27-28-38-39(40(33)45-47-43(30-17-7-2-8-18-30)46-44(48-45)31-19-9-3-10-20-31)36-26-25-35-34-23-13-14-24-37(34)49(41(35)42(36)50-38)32-21-11-4-12-22-32/h1-28H. The van der Waals surface area contributed by atoms with Crippen molar-refractivity contribution in [1.82, 2.24) is 19.5 Å². The van der Waals surface area contributed by atoms with Gasteiger partial charge in [0.15, 0.2) is 23.1 Å². The summed E-state index contributed by atoms with van der Waals surface area (Å²) in [6.07, 6.45) is 0. The van der Waals surface area contributed by atoms with Crippen LogP contribution < -0.4 is 0 Å². The van der Waals surface area contributed by atoms with Crippen LogP contribution in [-0.4, -0.2) is 19.5 Å². The summed E-state index contributed by atoms with van der Waals surface area (Å²) in [5.41, 5.74) is 9.68. The van der Waals surface area contributed by atoms with Crippen LogP contribution in [0.4, 0.5) is 0 Å². The first-order valence-electron chi connectivity index (χ1n) is 16.7. The van der Waals surface area contributed by atoms with Crippen molar-refractivity contribution in [3.63, 3.8) is 0 Å². The van der Waals surface area contributed by atoms with Crippen molar-refractivity contribution in [1.29, 1.82) is 0 Å². The largest absolute Gasteiger partial charge is 0.454 e. The second-order valence-corrected chi connectivity index (χ2v) is 12.4. The van der Waals surface area contributed by atoms with E-state index in [1.54, 1.807) is 0 Å². The number of hydrogen-bond donors (Lipinski definition) is 0. The molecule has 0 aliphatic carbocycles. The molecule has 5 nitrogen and oxygen atoms in total. The normalized spacial score (nSPS) is 11.6. The van der Waals surface area contributed by atoms with Crippen molar-refractivity contribution in [3.8, 4) is 51.0 Å². The Kier molecular flexibility index (Phi) is 6.42. The summed E-state index contributed by atoms with van der Waals surface area (Å²) < 4.78 is 9.26. The van der Waals surface area contributed by atoms with Gasteiger partial charge in [-0.15, -0.1) is 0 Å². The van der Waals surface area contributed by atoms with E-state index in [2.05, 4.69) is 102 Å². The molecule has 0 atom stereocenters. The van der Waals surface area contributed by atoms with Gasteiger partial charge in [-0.1, -0.05) is 133 Å². The van der Waals surface area contributed by atoms with Crippen molar-refractivity contribution in [2.75, 3.05) is 0 Å². The van der Waals surface area contributed by atoms with Crippen LogP contribution in [0.25, 0.3) is 94.7 Å². The van der Waals surface area contributed by atoms with E-state index in [0.29, 0.717) is 17.5 Å². The summed E-state index contributed by atoms with van der Waals surface area (Å²) in [5.74, 6) is 1.82. The van der Waals surface area contributed by atoms with E-state index >= 15 is 0 Å². The van der Waals surface area contributed by atoms with Gasteiger partial charge in [0.2, 0.25) is 0 Å². The molecular weight excluding hydrogens is 613 g/mol. The number of furan rings is 1. The van der Waals surface area contributed by atoms with Crippen LogP contribution in [0, 0.1) is 0 Å². The fourth-order valence-corrected chi connectivity index (χ4v) is 7.23. The van der Waals surface area contributed by atoms with Crippen LogP contribution >= 0.6 is 0 Å². The Balaban J connectivity index is 1.35. The summed E-state index contributed by atoms with van der Waals surface area (Å²) in [6.45, 7) is 0. The van der Waals surface area contributed by atoms with E-state index in [1.165, 1.54) is 5.39 Å². The zero-order valence-corrected chi connectivity index (χ0v) is 26.9. The maximum Gasteiger partial charge on any atom is 0.165 e. The van der Waals surface area contributed by atoms with Crippen LogP contribution in [-0.2, 0) is 0 Å². The summed E-state index contributed by atoms with van der Waals surface area (Å²) in [5, 5.41) is 4.29. The average molecular weight is 641 g/mol. The minimum Gasteiger partial charge on any atom is -0.454 e. The van der Waals surface area contributed by atoms with Gasteiger partial charge >= 0.3 is 0 Å². The maximum atomic E-state index is 6.95. The molecule has 50 heavy (non-hydrogen) atoms. The van der Waals surface area contributed by atoms with Crippen molar-refractivity contribution in [3.05, 3.63) is 170 Å². The number of rotatable bonds is 5. The Hall–Kier alpha value is -6.85. The SMILES string of the molecule is c1ccc(-c2nc(-c3ccccc3)nc(-c3c(-c4ccccc4)ccc4oc5c(ccc6c7ccccc7n(-c7ccccc7)c65)c34)n2)cc1. The molecule has 0 fully saturated rings. The molecule has 0 amide bonds. The third-order valence-corrected chi connectivity index (χ3v) is 9.46. The summed E-state index contributed by atoms with van der Waals surface area (Å²) in [4.78, 5) is 15.4. The van der Waals surface area contributed by atoms with Gasteiger partial charge in [-0.3, -0.25) is 0 Å². The number of fused-ring (bicyclic) bond motifs is 7. The van der Waals surface area contributed by atoms with Crippen LogP contribution in [0.2, 0.25) is 0 Å². The predicted molar refractivity (Wildman–Crippen MR) is 203 cm³/mol. The molecular formula is C45H28N4O. The van der Waals surface area contributed by atoms with Gasteiger partial charge in [0.05, 0.1) is 11.0 Å². The van der Waals surface area contributed by atoms with Gasteiger partial charge in [-0.2, -0.15) is 0 Å². The number of nitrogens with zero attached hydrogens (tertiary/aromatic N) is 4. The molecule has 5 heteroatoms. The molecule has 0 saturated carbocycles. The molecule has 0 N–H and O–H groups in total. The molecule has 0 unspecified atom stereocenters. The second-order valence-electron chi connectivity index (χ2n) is 12.4. The Bertz CT molecular complexity index is 2780. The molecule has 0 bridgehead atoms. The summed E-state index contributed by atoms with van der Waals surface area (Å²) in [7, 11) is 0. The maximum absolute atomic E-state index is 6.95. The van der Waals surface area contributed by atoms with Crippen molar-refractivity contribution in [2.24, 2.45) is 0 Å². The summed E-state index contributed by atoms with van der Waals surface area (Å²) in [6, 6.07) is 58.4. The smallest absolute Gasteiger partial charge is 0.165 e. The zero-order valence-electron chi connectivity index (χ0n) is 26.9. The van der Waals surface area contributed by atoms with Crippen molar-refractivity contribution < 1.29 is 4.42 Å². The molecule has 0 saturated heterocycles. The van der Waals surface area contributed by atoms with E-state index in [1.807, 2.05) is 72.8 Å². The highest BCUT2D eigenvalue weighted by atomic mass is 16.3. The molecule has 10 aromatic rings. The first-order valence-corrected chi connectivity index (χ1v) is 16.7. The van der Waals surface area contributed by atoms with Crippen molar-refractivity contribution >= 4 is 43.7 Å². The van der Waals surface area contributed by atoms with E-state index < -0.39 is 0 Å². The third-order valence-electron chi connectivity index (χ3n) is 9.46. The van der Waals surface area contributed by atoms with Gasteiger partial charge in [0.1, 0.15) is 5.58 Å². The van der Waals surface area contributed by atoms with Gasteiger partial charge < -0.3 is 8.98 Å². The highest BCUT2D eigenvalue weighted by Crippen LogP contribution is 2.45. The minimum atomic E-state index is 0.591. The van der Waals surface area contributed by atoms with E-state index in [9.17, 15) is 0 Å². The Morgan fingerprint density at radius 1 is 0.420 bits per heavy atom. The van der Waals surface area contributed by atoms with Crippen LogP contribution in [0.1, 0.15) is 0 Å². The monoisotopic (exact) mass is 640 g/mol. The molecule has 0 aliphatic rings. The number of hydrogen-bond acceptors (Lipinski definition) is 4. The Morgan fingerprint density at radius 2 is 0.960 bits per heavy atom. The Morgan fingerprint density at radius 3 is 1.62 bits per heavy atom. The average Bonchev–Trinajstić information content (AvgIpc) is 3.75. The Labute approximate surface area is 287 Å². The van der Waals surface area contributed by atoms with Gasteiger partial charge in [-0.25, -0.2) is 15.0 Å². The highest BCUT2D eigenvalue weighted by Gasteiger charge is 2.24. The lowest BCUT2D eigenvalue weighted by molar-refractivity contribution is 0.671. The van der Waals surface area contributed by atoms with Gasteiger partial charge in [-0.05, 0) is 47.5 Å². The first kappa shape index (κ1) is 28.2. The van der Waals surface area contributed by atoms with E-state index in [4.69, 9.17) is 19.4 Å². The second kappa shape index (κ2) is 11.4. The molecule has 3 heterocycles. The lowest BCUT2D eigenvalue weighted by atomic mass is 9.94. The number of aromatic nitrogens is 4. The van der Waals surface area contributed by atoms with Gasteiger partial charge in [0, 0.05) is 43.9 Å². The van der Waals surface area contributed by atoms with E-state index in [-0.39, 0.29) is 0 Å². The fourth-order valence-electron chi connectivity index (χ4n) is 7.23. The fraction of sp³-hybridized carbons (Fsp3) is 0. The zero-order chi connectivity index (χ0) is 33.0. The third kappa shape index (κ3) is 4.45. The lowest BCUT2D eigenvalue weighted by Gasteiger charge is -2.13. The summed E-state index contributed by atoms with van der Waals surface area (Å²) >= 11 is 0. The molecule has 234 valence electrons. The molecule has 7 aromatic carbocycles. The predicted octanol–water partition coefficient (Wildman–Crippen LogP) is 11.5. The first-order chi connectivity index (χ1) is 24.8. The van der Waals surface area contributed by atoms with Crippen LogP contribution in [0.5, 0.6) is 0 Å². The topological polar surface area (TPSA) is 56.7 Å². The van der Waals surface area contributed by atoms with Crippen LogP contribution in [0.15, 0.2) is 174 Å². The van der Waals surface area contributed by atoms with E-state index in [0.717, 1.165) is 71.9 Å². The molecule has 0 radical (unpaired) electrons.